The molecule has 2 heterocycles. The Bertz CT molecular complexity index is 1050. The van der Waals surface area contributed by atoms with Crippen LogP contribution in [0.1, 0.15) is 15.9 Å². The maximum Gasteiger partial charge on any atom is 0.187 e. The Kier molecular flexibility index (Phi) is 7.02. The molecular formula is C26H27N3O3. The van der Waals surface area contributed by atoms with Gasteiger partial charge < -0.3 is 19.3 Å². The number of anilines is 1. The van der Waals surface area contributed by atoms with Crippen molar-refractivity contribution in [2.75, 3.05) is 38.2 Å². The second kappa shape index (κ2) is 10.5. The van der Waals surface area contributed by atoms with Crippen LogP contribution in [0, 0.1) is 0 Å². The van der Waals surface area contributed by atoms with Gasteiger partial charge in [0.05, 0.1) is 7.11 Å². The number of hydrogen-bond donors (Lipinski definition) is 0. The predicted octanol–water partition coefficient (Wildman–Crippen LogP) is 4.19. The summed E-state index contributed by atoms with van der Waals surface area (Å²) in [7, 11) is 1.58. The first-order chi connectivity index (χ1) is 15.7. The third kappa shape index (κ3) is 5.46. The summed E-state index contributed by atoms with van der Waals surface area (Å²) in [6.45, 7) is 3.98. The van der Waals surface area contributed by atoms with E-state index in [1.807, 2.05) is 61.1 Å². The van der Waals surface area contributed by atoms with E-state index in [0.29, 0.717) is 23.7 Å². The molecule has 0 spiro atoms. The van der Waals surface area contributed by atoms with Crippen LogP contribution in [0.4, 0.5) is 5.69 Å². The van der Waals surface area contributed by atoms with Crippen LogP contribution in [0.2, 0.25) is 0 Å². The Balaban J connectivity index is 1.33. The van der Waals surface area contributed by atoms with Gasteiger partial charge in [-0.2, -0.15) is 0 Å². The summed E-state index contributed by atoms with van der Waals surface area (Å²) < 4.78 is 11.3. The summed E-state index contributed by atoms with van der Waals surface area (Å²) in [6.07, 6.45) is 7.14. The molecule has 1 saturated heterocycles. The Hall–Kier alpha value is -3.80. The highest BCUT2D eigenvalue weighted by atomic mass is 16.5. The summed E-state index contributed by atoms with van der Waals surface area (Å²) in [5, 5.41) is 0. The lowest BCUT2D eigenvalue weighted by Gasteiger charge is -2.35. The fourth-order valence-electron chi connectivity index (χ4n) is 3.63. The third-order valence-electron chi connectivity index (χ3n) is 5.46. The number of pyridine rings is 1. The molecule has 0 N–H and O–H groups in total. The summed E-state index contributed by atoms with van der Waals surface area (Å²) in [5.74, 6) is 1.10. The number of hydrogen-bond acceptors (Lipinski definition) is 6. The van der Waals surface area contributed by atoms with Crippen molar-refractivity contribution in [3.05, 3.63) is 96.5 Å². The highest BCUT2D eigenvalue weighted by Gasteiger charge is 2.15. The van der Waals surface area contributed by atoms with Crippen molar-refractivity contribution in [3.8, 4) is 11.5 Å². The largest absolute Gasteiger partial charge is 0.493 e. The zero-order chi connectivity index (χ0) is 22.2. The molecule has 4 rings (SSSR count). The van der Waals surface area contributed by atoms with E-state index >= 15 is 0 Å². The highest BCUT2D eigenvalue weighted by molar-refractivity contribution is 6.04. The number of carbonyl (C=O) groups is 1. The SMILES string of the molecule is COc1cc(C(=O)C=CN2CCN(c3ccncc3)CC2)ccc1OCc1ccccc1. The van der Waals surface area contributed by atoms with Gasteiger partial charge in [-0.3, -0.25) is 9.78 Å². The van der Waals surface area contributed by atoms with Crippen molar-refractivity contribution in [1.29, 1.82) is 0 Å². The highest BCUT2D eigenvalue weighted by Crippen LogP contribution is 2.29. The molecule has 0 amide bonds. The standard InChI is InChI=1S/C26H27N3O3/c1-31-26-19-22(7-8-25(26)32-20-21-5-3-2-4-6-21)24(30)11-14-28-15-17-29(18-16-28)23-9-12-27-13-10-23/h2-14,19H,15-18,20H2,1H3. The molecule has 0 saturated carbocycles. The number of piperazine rings is 1. The molecule has 0 bridgehead atoms. The molecule has 6 nitrogen and oxygen atoms in total. The van der Waals surface area contributed by atoms with Gasteiger partial charge in [0, 0.05) is 62.1 Å². The number of allylic oxidation sites excluding steroid dienone is 1. The zero-order valence-electron chi connectivity index (χ0n) is 18.2. The number of nitrogens with zero attached hydrogens (tertiary/aromatic N) is 3. The summed E-state index contributed by atoms with van der Waals surface area (Å²) in [6, 6.07) is 19.3. The quantitative estimate of drug-likeness (QED) is 0.395. The van der Waals surface area contributed by atoms with Crippen LogP contribution in [-0.2, 0) is 6.61 Å². The molecule has 0 aliphatic carbocycles. The number of methoxy groups -OCH3 is 1. The van der Waals surface area contributed by atoms with Gasteiger partial charge in [-0.1, -0.05) is 30.3 Å². The Morgan fingerprint density at radius 2 is 1.72 bits per heavy atom. The lowest BCUT2D eigenvalue weighted by atomic mass is 10.1. The van der Waals surface area contributed by atoms with Crippen molar-refractivity contribution >= 4 is 11.5 Å². The summed E-state index contributed by atoms with van der Waals surface area (Å²) in [5.41, 5.74) is 2.82. The van der Waals surface area contributed by atoms with Crippen LogP contribution >= 0.6 is 0 Å². The Morgan fingerprint density at radius 3 is 2.44 bits per heavy atom. The normalized spacial score (nSPS) is 13.9. The molecule has 3 aromatic rings. The molecule has 1 aliphatic rings. The van der Waals surface area contributed by atoms with E-state index in [4.69, 9.17) is 9.47 Å². The van der Waals surface area contributed by atoms with Gasteiger partial charge in [0.2, 0.25) is 0 Å². The van der Waals surface area contributed by atoms with E-state index < -0.39 is 0 Å². The van der Waals surface area contributed by atoms with Crippen LogP contribution in [0.3, 0.4) is 0 Å². The molecule has 1 aromatic heterocycles. The first-order valence-corrected chi connectivity index (χ1v) is 10.7. The summed E-state index contributed by atoms with van der Waals surface area (Å²) in [4.78, 5) is 21.3. The minimum Gasteiger partial charge on any atom is -0.493 e. The third-order valence-corrected chi connectivity index (χ3v) is 5.46. The fourth-order valence-corrected chi connectivity index (χ4v) is 3.63. The second-order valence-electron chi connectivity index (χ2n) is 7.55. The number of rotatable bonds is 8. The molecule has 6 heteroatoms. The van der Waals surface area contributed by atoms with Crippen molar-refractivity contribution in [3.63, 3.8) is 0 Å². The van der Waals surface area contributed by atoms with Gasteiger partial charge in [-0.15, -0.1) is 0 Å². The van der Waals surface area contributed by atoms with Crippen LogP contribution in [0.25, 0.3) is 0 Å². The van der Waals surface area contributed by atoms with E-state index in [-0.39, 0.29) is 5.78 Å². The number of carbonyl (C=O) groups excluding carboxylic acids is 1. The Labute approximate surface area is 188 Å². The first-order valence-electron chi connectivity index (χ1n) is 10.7. The van der Waals surface area contributed by atoms with E-state index in [1.165, 1.54) is 5.69 Å². The molecule has 1 fully saturated rings. The number of aromatic nitrogens is 1. The molecular weight excluding hydrogens is 402 g/mol. The van der Waals surface area contributed by atoms with Crippen LogP contribution < -0.4 is 14.4 Å². The minimum atomic E-state index is -0.0607. The van der Waals surface area contributed by atoms with Gasteiger partial charge in [0.1, 0.15) is 6.61 Å². The zero-order valence-corrected chi connectivity index (χ0v) is 18.2. The average molecular weight is 430 g/mol. The number of ether oxygens (including phenoxy) is 2. The van der Waals surface area contributed by atoms with Crippen LogP contribution in [0.5, 0.6) is 11.5 Å². The maximum atomic E-state index is 12.7. The summed E-state index contributed by atoms with van der Waals surface area (Å²) >= 11 is 0. The van der Waals surface area contributed by atoms with Crippen LogP contribution in [0.15, 0.2) is 85.3 Å². The lowest BCUT2D eigenvalue weighted by Crippen LogP contribution is -2.44. The smallest absolute Gasteiger partial charge is 0.187 e. The van der Waals surface area contributed by atoms with Crippen molar-refractivity contribution < 1.29 is 14.3 Å². The van der Waals surface area contributed by atoms with E-state index in [9.17, 15) is 4.79 Å². The van der Waals surface area contributed by atoms with E-state index in [0.717, 1.165) is 31.7 Å². The lowest BCUT2D eigenvalue weighted by molar-refractivity contribution is 0.104. The molecule has 2 aromatic carbocycles. The molecule has 0 radical (unpaired) electrons. The van der Waals surface area contributed by atoms with Gasteiger partial charge in [0.25, 0.3) is 0 Å². The van der Waals surface area contributed by atoms with Crippen molar-refractivity contribution in [2.24, 2.45) is 0 Å². The molecule has 164 valence electrons. The Morgan fingerprint density at radius 1 is 0.969 bits per heavy atom. The minimum absolute atomic E-state index is 0.0607. The average Bonchev–Trinajstić information content (AvgIpc) is 2.87. The van der Waals surface area contributed by atoms with E-state index in [2.05, 4.69) is 14.8 Å². The van der Waals surface area contributed by atoms with E-state index in [1.54, 1.807) is 31.4 Å². The van der Waals surface area contributed by atoms with Gasteiger partial charge in [0.15, 0.2) is 17.3 Å². The molecule has 0 unspecified atom stereocenters. The van der Waals surface area contributed by atoms with Crippen molar-refractivity contribution in [2.45, 2.75) is 6.61 Å². The monoisotopic (exact) mass is 429 g/mol. The van der Waals surface area contributed by atoms with Gasteiger partial charge >= 0.3 is 0 Å². The molecule has 0 atom stereocenters. The predicted molar refractivity (Wildman–Crippen MR) is 125 cm³/mol. The topological polar surface area (TPSA) is 54.9 Å². The first kappa shape index (κ1) is 21.4. The maximum absolute atomic E-state index is 12.7. The number of benzene rings is 2. The van der Waals surface area contributed by atoms with Crippen molar-refractivity contribution in [1.82, 2.24) is 9.88 Å². The second-order valence-corrected chi connectivity index (χ2v) is 7.55. The molecule has 1 aliphatic heterocycles. The van der Waals surface area contributed by atoms with Gasteiger partial charge in [-0.25, -0.2) is 0 Å². The number of ketones is 1. The fraction of sp³-hybridized carbons (Fsp3) is 0.231. The van der Waals surface area contributed by atoms with Crippen LogP contribution in [-0.4, -0.2) is 49.0 Å². The van der Waals surface area contributed by atoms with Gasteiger partial charge in [-0.05, 0) is 35.9 Å². The molecule has 32 heavy (non-hydrogen) atoms.